The number of rotatable bonds is 2. The van der Waals surface area contributed by atoms with Crippen LogP contribution in [0.25, 0.3) is 10.9 Å². The number of aromatic amines is 1. The monoisotopic (exact) mass is 238 g/mol. The van der Waals surface area contributed by atoms with Crippen LogP contribution < -0.4 is 0 Å². The molecule has 3 heteroatoms. The summed E-state index contributed by atoms with van der Waals surface area (Å²) in [6.45, 7) is 2.13. The van der Waals surface area contributed by atoms with Crippen molar-refractivity contribution in [3.63, 3.8) is 0 Å². The standard InChI is InChI=1S/C10H11BrN2/c1-7(11)6-10-8-4-2-3-5-9(8)12-13-10/h2-5,7H,6H2,1H3,(H,12,13). The summed E-state index contributed by atoms with van der Waals surface area (Å²) in [5.41, 5.74) is 2.26. The number of hydrogen-bond donors (Lipinski definition) is 1. The minimum absolute atomic E-state index is 0.483. The van der Waals surface area contributed by atoms with Crippen molar-refractivity contribution in [2.75, 3.05) is 0 Å². The molecule has 0 aliphatic rings. The molecule has 1 unspecified atom stereocenters. The van der Waals surface area contributed by atoms with E-state index in [0.717, 1.165) is 11.9 Å². The van der Waals surface area contributed by atoms with Crippen LogP contribution in [0.3, 0.4) is 0 Å². The minimum Gasteiger partial charge on any atom is -0.281 e. The van der Waals surface area contributed by atoms with E-state index in [1.807, 2.05) is 18.2 Å². The van der Waals surface area contributed by atoms with E-state index < -0.39 is 0 Å². The van der Waals surface area contributed by atoms with Crippen molar-refractivity contribution < 1.29 is 0 Å². The Morgan fingerprint density at radius 3 is 3.00 bits per heavy atom. The van der Waals surface area contributed by atoms with Gasteiger partial charge in [0.05, 0.1) is 5.52 Å². The van der Waals surface area contributed by atoms with E-state index in [4.69, 9.17) is 0 Å². The molecule has 0 saturated heterocycles. The van der Waals surface area contributed by atoms with E-state index in [1.54, 1.807) is 0 Å². The largest absolute Gasteiger partial charge is 0.281 e. The lowest BCUT2D eigenvalue weighted by atomic mass is 10.1. The van der Waals surface area contributed by atoms with Crippen LogP contribution in [0.1, 0.15) is 12.6 Å². The van der Waals surface area contributed by atoms with Gasteiger partial charge in [-0.05, 0) is 6.07 Å². The van der Waals surface area contributed by atoms with Crippen LogP contribution in [0.5, 0.6) is 0 Å². The molecule has 1 heterocycles. The van der Waals surface area contributed by atoms with E-state index in [9.17, 15) is 0 Å². The highest BCUT2D eigenvalue weighted by atomic mass is 79.9. The molecule has 0 aliphatic carbocycles. The number of nitrogens with zero attached hydrogens (tertiary/aromatic N) is 1. The van der Waals surface area contributed by atoms with Gasteiger partial charge in [0, 0.05) is 22.3 Å². The van der Waals surface area contributed by atoms with Gasteiger partial charge in [0.1, 0.15) is 0 Å². The number of nitrogens with one attached hydrogen (secondary N) is 1. The molecule has 1 atom stereocenters. The molecule has 0 amide bonds. The van der Waals surface area contributed by atoms with Gasteiger partial charge >= 0.3 is 0 Å². The fraction of sp³-hybridized carbons (Fsp3) is 0.300. The average molecular weight is 239 g/mol. The first kappa shape index (κ1) is 8.75. The third-order valence-corrected chi connectivity index (χ3v) is 2.35. The fourth-order valence-corrected chi connectivity index (χ4v) is 1.77. The summed E-state index contributed by atoms with van der Waals surface area (Å²) in [6, 6.07) is 8.17. The summed E-state index contributed by atoms with van der Waals surface area (Å²) in [5, 5.41) is 8.52. The lowest BCUT2D eigenvalue weighted by Gasteiger charge is -1.99. The molecule has 0 spiro atoms. The summed E-state index contributed by atoms with van der Waals surface area (Å²) < 4.78 is 0. The Morgan fingerprint density at radius 2 is 2.23 bits per heavy atom. The second-order valence-electron chi connectivity index (χ2n) is 3.20. The molecular formula is C10H11BrN2. The van der Waals surface area contributed by atoms with Gasteiger partial charge in [-0.2, -0.15) is 5.10 Å². The molecule has 0 saturated carbocycles. The van der Waals surface area contributed by atoms with Gasteiger partial charge in [-0.15, -0.1) is 0 Å². The van der Waals surface area contributed by atoms with Crippen LogP contribution in [0.2, 0.25) is 0 Å². The molecule has 68 valence electrons. The Balaban J connectivity index is 2.46. The Hall–Kier alpha value is -0.830. The van der Waals surface area contributed by atoms with Gasteiger partial charge in [0.2, 0.25) is 0 Å². The normalized spacial score (nSPS) is 13.4. The lowest BCUT2D eigenvalue weighted by Crippen LogP contribution is -1.96. The Labute approximate surface area is 85.5 Å². The third kappa shape index (κ3) is 1.75. The van der Waals surface area contributed by atoms with Crippen LogP contribution in [0, 0.1) is 0 Å². The SMILES string of the molecule is CC(Br)Cc1[nH]nc2ccccc12. The topological polar surface area (TPSA) is 28.7 Å². The third-order valence-electron chi connectivity index (χ3n) is 2.03. The van der Waals surface area contributed by atoms with Crippen molar-refractivity contribution in [1.82, 2.24) is 10.2 Å². The van der Waals surface area contributed by atoms with Crippen LogP contribution in [-0.4, -0.2) is 15.0 Å². The van der Waals surface area contributed by atoms with E-state index in [-0.39, 0.29) is 0 Å². The Morgan fingerprint density at radius 1 is 1.46 bits per heavy atom. The molecule has 1 aromatic carbocycles. The molecule has 2 aromatic rings. The van der Waals surface area contributed by atoms with Crippen LogP contribution in [-0.2, 0) is 6.42 Å². The smallest absolute Gasteiger partial charge is 0.0923 e. The molecule has 0 radical (unpaired) electrons. The molecule has 1 aromatic heterocycles. The maximum absolute atomic E-state index is 4.23. The summed E-state index contributed by atoms with van der Waals surface area (Å²) in [4.78, 5) is 0.483. The fourth-order valence-electron chi connectivity index (χ4n) is 1.45. The van der Waals surface area contributed by atoms with Gasteiger partial charge < -0.3 is 0 Å². The molecule has 0 fully saturated rings. The maximum atomic E-state index is 4.23. The number of aromatic nitrogens is 2. The number of alkyl halides is 1. The molecule has 1 N–H and O–H groups in total. The predicted molar refractivity (Wildman–Crippen MR) is 58.2 cm³/mol. The van der Waals surface area contributed by atoms with Crippen molar-refractivity contribution in [1.29, 1.82) is 0 Å². The molecule has 2 nitrogen and oxygen atoms in total. The Bertz CT molecular complexity index is 406. The maximum Gasteiger partial charge on any atom is 0.0923 e. The first-order valence-corrected chi connectivity index (χ1v) is 5.25. The number of H-pyrrole nitrogens is 1. The van der Waals surface area contributed by atoms with E-state index in [0.29, 0.717) is 4.83 Å². The quantitative estimate of drug-likeness (QED) is 0.802. The van der Waals surface area contributed by atoms with Crippen LogP contribution >= 0.6 is 15.9 Å². The molecule has 0 bridgehead atoms. The highest BCUT2D eigenvalue weighted by Crippen LogP contribution is 2.18. The van der Waals surface area contributed by atoms with E-state index in [2.05, 4.69) is 39.1 Å². The number of fused-ring (bicyclic) bond motifs is 1. The lowest BCUT2D eigenvalue weighted by molar-refractivity contribution is 0.901. The summed E-state index contributed by atoms with van der Waals surface area (Å²) in [6.07, 6.45) is 0.987. The summed E-state index contributed by atoms with van der Waals surface area (Å²) >= 11 is 3.53. The zero-order chi connectivity index (χ0) is 9.26. The van der Waals surface area contributed by atoms with Crippen LogP contribution in [0.4, 0.5) is 0 Å². The molecular weight excluding hydrogens is 228 g/mol. The summed E-state index contributed by atoms with van der Waals surface area (Å²) in [7, 11) is 0. The van der Waals surface area contributed by atoms with Crippen LogP contribution in [0.15, 0.2) is 24.3 Å². The highest BCUT2D eigenvalue weighted by molar-refractivity contribution is 9.09. The second kappa shape index (κ2) is 3.50. The van der Waals surface area contributed by atoms with Crippen molar-refractivity contribution in [2.24, 2.45) is 0 Å². The minimum atomic E-state index is 0.483. The highest BCUT2D eigenvalue weighted by Gasteiger charge is 2.06. The predicted octanol–water partition coefficient (Wildman–Crippen LogP) is 2.89. The number of hydrogen-bond acceptors (Lipinski definition) is 1. The van der Waals surface area contributed by atoms with Crippen molar-refractivity contribution in [3.8, 4) is 0 Å². The molecule has 0 aliphatic heterocycles. The molecule has 13 heavy (non-hydrogen) atoms. The van der Waals surface area contributed by atoms with Gasteiger partial charge in [0.25, 0.3) is 0 Å². The summed E-state index contributed by atoms with van der Waals surface area (Å²) in [5.74, 6) is 0. The Kier molecular flexibility index (Phi) is 2.36. The second-order valence-corrected chi connectivity index (χ2v) is 4.77. The zero-order valence-electron chi connectivity index (χ0n) is 7.42. The van der Waals surface area contributed by atoms with Crippen molar-refractivity contribution in [3.05, 3.63) is 30.0 Å². The molecule has 2 rings (SSSR count). The number of para-hydroxylation sites is 1. The zero-order valence-corrected chi connectivity index (χ0v) is 9.01. The van der Waals surface area contributed by atoms with Crippen molar-refractivity contribution >= 4 is 26.8 Å². The van der Waals surface area contributed by atoms with Gasteiger partial charge in [-0.25, -0.2) is 0 Å². The first-order valence-electron chi connectivity index (χ1n) is 4.33. The van der Waals surface area contributed by atoms with E-state index >= 15 is 0 Å². The van der Waals surface area contributed by atoms with Gasteiger partial charge in [-0.3, -0.25) is 5.10 Å². The van der Waals surface area contributed by atoms with Crippen molar-refractivity contribution in [2.45, 2.75) is 18.2 Å². The number of halogens is 1. The van der Waals surface area contributed by atoms with Gasteiger partial charge in [-0.1, -0.05) is 41.1 Å². The van der Waals surface area contributed by atoms with Gasteiger partial charge in [0.15, 0.2) is 0 Å². The first-order chi connectivity index (χ1) is 6.27. The van der Waals surface area contributed by atoms with E-state index in [1.165, 1.54) is 11.1 Å². The average Bonchev–Trinajstić information content (AvgIpc) is 2.48. The number of benzene rings is 1.